The molecule has 1 aliphatic heterocycles. The van der Waals surface area contributed by atoms with Gasteiger partial charge in [0.1, 0.15) is 0 Å². The maximum atomic E-state index is 6.05. The van der Waals surface area contributed by atoms with Crippen LogP contribution in [0.15, 0.2) is 47.6 Å². The van der Waals surface area contributed by atoms with Crippen LogP contribution in [-0.2, 0) is 11.3 Å². The zero-order chi connectivity index (χ0) is 21.7. The highest BCUT2D eigenvalue weighted by Crippen LogP contribution is 2.32. The molecule has 3 rings (SSSR count). The fourth-order valence-corrected chi connectivity index (χ4v) is 3.18. The van der Waals surface area contributed by atoms with Crippen molar-refractivity contribution in [3.8, 4) is 17.4 Å². The van der Waals surface area contributed by atoms with E-state index in [1.165, 1.54) is 0 Å². The first-order valence-corrected chi connectivity index (χ1v) is 10.9. The molecule has 0 spiro atoms. The molecule has 0 aliphatic carbocycles. The highest BCUT2D eigenvalue weighted by Gasteiger charge is 2.11. The van der Waals surface area contributed by atoms with Crippen molar-refractivity contribution >= 4 is 5.96 Å². The summed E-state index contributed by atoms with van der Waals surface area (Å²) in [7, 11) is 0. The SMILES string of the molecule is CCCOc1ccccc1Oc1ncccc1CN=C(N)NCCCN1CCOCC1. The molecule has 3 N–H and O–H groups in total. The number of aromatic nitrogens is 1. The van der Waals surface area contributed by atoms with Gasteiger partial charge in [-0.15, -0.1) is 0 Å². The van der Waals surface area contributed by atoms with Gasteiger partial charge in [0.25, 0.3) is 0 Å². The topological polar surface area (TPSA) is 94.2 Å². The average Bonchev–Trinajstić information content (AvgIpc) is 2.81. The number of guanidine groups is 1. The Labute approximate surface area is 184 Å². The van der Waals surface area contributed by atoms with Gasteiger partial charge in [0.15, 0.2) is 17.5 Å². The maximum absolute atomic E-state index is 6.05. The van der Waals surface area contributed by atoms with Crippen LogP contribution in [0.1, 0.15) is 25.3 Å². The van der Waals surface area contributed by atoms with Gasteiger partial charge in [-0.3, -0.25) is 4.90 Å². The summed E-state index contributed by atoms with van der Waals surface area (Å²) in [4.78, 5) is 11.2. The molecule has 0 bridgehead atoms. The van der Waals surface area contributed by atoms with Crippen LogP contribution in [0, 0.1) is 0 Å². The lowest BCUT2D eigenvalue weighted by atomic mass is 10.2. The van der Waals surface area contributed by atoms with Crippen molar-refractivity contribution < 1.29 is 14.2 Å². The number of nitrogens with zero attached hydrogens (tertiary/aromatic N) is 3. The molecule has 1 aromatic carbocycles. The summed E-state index contributed by atoms with van der Waals surface area (Å²) in [5, 5.41) is 3.18. The van der Waals surface area contributed by atoms with Crippen LogP contribution in [0.3, 0.4) is 0 Å². The summed E-state index contributed by atoms with van der Waals surface area (Å²) in [6.45, 7) is 8.54. The van der Waals surface area contributed by atoms with Crippen molar-refractivity contribution in [1.82, 2.24) is 15.2 Å². The molecule has 0 unspecified atom stereocenters. The standard InChI is InChI=1S/C23H33N5O3/c1-2-15-30-20-8-3-4-9-21(20)31-22-19(7-5-10-25-22)18-27-23(24)26-11-6-12-28-13-16-29-17-14-28/h3-5,7-10H,2,6,11-18H2,1H3,(H3,24,26,27). The minimum absolute atomic E-state index is 0.378. The predicted octanol–water partition coefficient (Wildman–Crippen LogP) is 2.79. The Kier molecular flexibility index (Phi) is 9.40. The summed E-state index contributed by atoms with van der Waals surface area (Å²) in [6.07, 6.45) is 3.63. The number of rotatable bonds is 11. The summed E-state index contributed by atoms with van der Waals surface area (Å²) >= 11 is 0. The van der Waals surface area contributed by atoms with Gasteiger partial charge in [0.2, 0.25) is 5.88 Å². The van der Waals surface area contributed by atoms with Crippen molar-refractivity contribution in [3.63, 3.8) is 0 Å². The number of morpholine rings is 1. The third-order valence-electron chi connectivity index (χ3n) is 4.85. The molecule has 0 amide bonds. The smallest absolute Gasteiger partial charge is 0.224 e. The highest BCUT2D eigenvalue weighted by molar-refractivity contribution is 5.77. The molecular weight excluding hydrogens is 394 g/mol. The van der Waals surface area contributed by atoms with Crippen molar-refractivity contribution in [2.75, 3.05) is 46.0 Å². The minimum Gasteiger partial charge on any atom is -0.490 e. The molecule has 8 nitrogen and oxygen atoms in total. The molecule has 2 heterocycles. The van der Waals surface area contributed by atoms with Gasteiger partial charge in [0.05, 0.1) is 26.4 Å². The van der Waals surface area contributed by atoms with Gasteiger partial charge < -0.3 is 25.3 Å². The number of nitrogens with two attached hydrogens (primary N) is 1. The van der Waals surface area contributed by atoms with E-state index in [0.29, 0.717) is 36.5 Å². The third kappa shape index (κ3) is 7.73. The summed E-state index contributed by atoms with van der Waals surface area (Å²) < 4.78 is 17.2. The molecular formula is C23H33N5O3. The first-order chi connectivity index (χ1) is 15.3. The summed E-state index contributed by atoms with van der Waals surface area (Å²) in [5.74, 6) is 2.25. The van der Waals surface area contributed by atoms with Crippen LogP contribution in [0.5, 0.6) is 17.4 Å². The molecule has 168 valence electrons. The van der Waals surface area contributed by atoms with E-state index in [1.807, 2.05) is 36.4 Å². The molecule has 1 aromatic heterocycles. The van der Waals surface area contributed by atoms with Crippen LogP contribution in [0.4, 0.5) is 0 Å². The zero-order valence-corrected chi connectivity index (χ0v) is 18.3. The van der Waals surface area contributed by atoms with E-state index in [1.54, 1.807) is 6.20 Å². The summed E-state index contributed by atoms with van der Waals surface area (Å²) in [5.41, 5.74) is 6.90. The van der Waals surface area contributed by atoms with Crippen molar-refractivity contribution in [1.29, 1.82) is 0 Å². The maximum Gasteiger partial charge on any atom is 0.224 e. The molecule has 1 aliphatic rings. The third-order valence-corrected chi connectivity index (χ3v) is 4.85. The largest absolute Gasteiger partial charge is 0.490 e. The van der Waals surface area contributed by atoms with Crippen molar-refractivity contribution in [3.05, 3.63) is 48.2 Å². The first kappa shape index (κ1) is 22.8. The van der Waals surface area contributed by atoms with Gasteiger partial charge in [-0.2, -0.15) is 0 Å². The van der Waals surface area contributed by atoms with Crippen LogP contribution in [0.2, 0.25) is 0 Å². The van der Waals surface area contributed by atoms with E-state index in [-0.39, 0.29) is 0 Å². The highest BCUT2D eigenvalue weighted by atomic mass is 16.5. The number of para-hydroxylation sites is 2. The Bertz CT molecular complexity index is 824. The fraction of sp³-hybridized carbons (Fsp3) is 0.478. The lowest BCUT2D eigenvalue weighted by Gasteiger charge is -2.26. The van der Waals surface area contributed by atoms with Gasteiger partial charge in [-0.25, -0.2) is 9.98 Å². The summed E-state index contributed by atoms with van der Waals surface area (Å²) in [6, 6.07) is 11.4. The Balaban J connectivity index is 1.52. The predicted molar refractivity (Wildman–Crippen MR) is 122 cm³/mol. The number of aliphatic imine (C=N–C) groups is 1. The second-order valence-electron chi connectivity index (χ2n) is 7.30. The lowest BCUT2D eigenvalue weighted by Crippen LogP contribution is -2.39. The number of hydrogen-bond acceptors (Lipinski definition) is 6. The van der Waals surface area contributed by atoms with Gasteiger partial charge in [0, 0.05) is 31.4 Å². The van der Waals surface area contributed by atoms with Crippen LogP contribution < -0.4 is 20.5 Å². The molecule has 2 aromatic rings. The lowest BCUT2D eigenvalue weighted by molar-refractivity contribution is 0.0376. The monoisotopic (exact) mass is 427 g/mol. The first-order valence-electron chi connectivity index (χ1n) is 10.9. The van der Waals surface area contributed by atoms with Gasteiger partial charge in [-0.05, 0) is 37.6 Å². The van der Waals surface area contributed by atoms with E-state index >= 15 is 0 Å². The van der Waals surface area contributed by atoms with E-state index in [0.717, 1.165) is 57.8 Å². The second-order valence-corrected chi connectivity index (χ2v) is 7.30. The molecule has 0 radical (unpaired) electrons. The Morgan fingerprint density at radius 3 is 2.81 bits per heavy atom. The van der Waals surface area contributed by atoms with Crippen LogP contribution in [-0.4, -0.2) is 61.8 Å². The van der Waals surface area contributed by atoms with E-state index < -0.39 is 0 Å². The fourth-order valence-electron chi connectivity index (χ4n) is 3.18. The number of ether oxygens (including phenoxy) is 3. The number of benzene rings is 1. The molecule has 31 heavy (non-hydrogen) atoms. The normalized spacial score (nSPS) is 14.9. The minimum atomic E-state index is 0.378. The van der Waals surface area contributed by atoms with Crippen molar-refractivity contribution in [2.45, 2.75) is 26.3 Å². The zero-order valence-electron chi connectivity index (χ0n) is 18.3. The van der Waals surface area contributed by atoms with Crippen LogP contribution in [0.25, 0.3) is 0 Å². The van der Waals surface area contributed by atoms with E-state index in [4.69, 9.17) is 19.9 Å². The number of hydrogen-bond donors (Lipinski definition) is 2. The quantitative estimate of drug-likeness (QED) is 0.323. The Morgan fingerprint density at radius 1 is 1.19 bits per heavy atom. The van der Waals surface area contributed by atoms with Gasteiger partial charge >= 0.3 is 0 Å². The van der Waals surface area contributed by atoms with Gasteiger partial charge in [-0.1, -0.05) is 25.1 Å². The Hall–Kier alpha value is -2.84. The molecule has 0 atom stereocenters. The molecule has 1 saturated heterocycles. The molecule has 8 heteroatoms. The Morgan fingerprint density at radius 2 is 2.00 bits per heavy atom. The van der Waals surface area contributed by atoms with E-state index in [2.05, 4.69) is 27.1 Å². The van der Waals surface area contributed by atoms with E-state index in [9.17, 15) is 0 Å². The number of nitrogens with one attached hydrogen (secondary N) is 1. The van der Waals surface area contributed by atoms with Crippen LogP contribution >= 0.6 is 0 Å². The van der Waals surface area contributed by atoms with Crippen molar-refractivity contribution in [2.24, 2.45) is 10.7 Å². The average molecular weight is 428 g/mol. The number of pyridine rings is 1. The molecule has 0 saturated carbocycles. The second kappa shape index (κ2) is 12.8. The molecule has 1 fully saturated rings.